The van der Waals surface area contributed by atoms with Gasteiger partial charge in [0.25, 0.3) is 0 Å². The lowest BCUT2D eigenvalue weighted by molar-refractivity contribution is 0.0964. The third-order valence-electron chi connectivity index (χ3n) is 7.54. The molecule has 0 aliphatic carbocycles. The van der Waals surface area contributed by atoms with E-state index in [9.17, 15) is 4.79 Å². The molecule has 0 bridgehead atoms. The average molecular weight is 553 g/mol. The molecule has 1 heterocycles. The second-order valence-corrected chi connectivity index (χ2v) is 11.3. The molecule has 0 aliphatic heterocycles. The predicted octanol–water partition coefficient (Wildman–Crippen LogP) is 9.71. The van der Waals surface area contributed by atoms with E-state index in [1.807, 2.05) is 30.3 Å². The van der Waals surface area contributed by atoms with Crippen molar-refractivity contribution >= 4 is 28.3 Å². The number of ketones is 1. The molecule has 0 radical (unpaired) electrons. The van der Waals surface area contributed by atoms with Crippen molar-refractivity contribution in [3.63, 3.8) is 0 Å². The molecule has 2 aromatic carbocycles. The van der Waals surface area contributed by atoms with Crippen molar-refractivity contribution in [2.45, 2.75) is 105 Å². The zero-order valence-electron chi connectivity index (χ0n) is 24.5. The zero-order valence-corrected chi connectivity index (χ0v) is 25.3. The number of aryl methyl sites for hydroxylation is 1. The highest BCUT2D eigenvalue weighted by Gasteiger charge is 2.17. The summed E-state index contributed by atoms with van der Waals surface area (Å²) in [5.41, 5.74) is 3.00. The van der Waals surface area contributed by atoms with Crippen molar-refractivity contribution in [3.8, 4) is 5.75 Å². The molecule has 1 aromatic heterocycles. The highest BCUT2D eigenvalue weighted by molar-refractivity contribution is 6.30. The van der Waals surface area contributed by atoms with E-state index >= 15 is 0 Å². The fourth-order valence-corrected chi connectivity index (χ4v) is 5.22. The van der Waals surface area contributed by atoms with Gasteiger partial charge in [0, 0.05) is 47.7 Å². The van der Waals surface area contributed by atoms with Crippen LogP contribution < -0.4 is 4.74 Å². The SMILES string of the molecule is CCCCCCN(CCCCCC)CCC(=O)c1cn(CCCC)c2cc(OCc3ccc(Cl)cc3)ccc12. The molecule has 0 aliphatic rings. The molecule has 0 amide bonds. The van der Waals surface area contributed by atoms with Gasteiger partial charge < -0.3 is 14.2 Å². The van der Waals surface area contributed by atoms with E-state index in [4.69, 9.17) is 16.3 Å². The van der Waals surface area contributed by atoms with Crippen LogP contribution in [0.5, 0.6) is 5.75 Å². The minimum Gasteiger partial charge on any atom is -0.489 e. The van der Waals surface area contributed by atoms with Crippen LogP contribution in [0.25, 0.3) is 10.9 Å². The Morgan fingerprint density at radius 1 is 0.821 bits per heavy atom. The Morgan fingerprint density at radius 2 is 1.49 bits per heavy atom. The molecule has 214 valence electrons. The van der Waals surface area contributed by atoms with Gasteiger partial charge in [-0.2, -0.15) is 0 Å². The number of hydrogen-bond acceptors (Lipinski definition) is 3. The second kappa shape index (κ2) is 17.4. The summed E-state index contributed by atoms with van der Waals surface area (Å²) in [6, 6.07) is 13.9. The Kier molecular flexibility index (Phi) is 13.9. The van der Waals surface area contributed by atoms with Gasteiger partial charge in [-0.05, 0) is 62.2 Å². The molecule has 0 N–H and O–H groups in total. The average Bonchev–Trinajstić information content (AvgIpc) is 3.32. The molecule has 0 fully saturated rings. The number of benzene rings is 2. The zero-order chi connectivity index (χ0) is 27.9. The van der Waals surface area contributed by atoms with Crippen molar-refractivity contribution in [2.75, 3.05) is 19.6 Å². The number of Topliss-reactive ketones (excluding diaryl/α,β-unsaturated/α-hetero) is 1. The first-order chi connectivity index (χ1) is 19.0. The van der Waals surface area contributed by atoms with Crippen LogP contribution in [0.3, 0.4) is 0 Å². The lowest BCUT2D eigenvalue weighted by atomic mass is 10.1. The number of hydrogen-bond donors (Lipinski definition) is 0. The Labute approximate surface area is 241 Å². The van der Waals surface area contributed by atoms with Crippen molar-refractivity contribution in [3.05, 3.63) is 64.8 Å². The van der Waals surface area contributed by atoms with Gasteiger partial charge in [0.2, 0.25) is 0 Å². The van der Waals surface area contributed by atoms with Crippen LogP contribution in [0.2, 0.25) is 5.02 Å². The summed E-state index contributed by atoms with van der Waals surface area (Å²) in [5, 5.41) is 1.76. The molecule has 4 nitrogen and oxygen atoms in total. The molecule has 5 heteroatoms. The minimum absolute atomic E-state index is 0.247. The molecule has 3 aromatic rings. The van der Waals surface area contributed by atoms with E-state index in [2.05, 4.69) is 48.6 Å². The summed E-state index contributed by atoms with van der Waals surface area (Å²) in [5.74, 6) is 1.06. The summed E-state index contributed by atoms with van der Waals surface area (Å²) in [7, 11) is 0. The molecular formula is C34H49ClN2O2. The quantitative estimate of drug-likeness (QED) is 0.103. The standard InChI is InChI=1S/C34H49ClN2O2/c1-4-7-10-12-21-36(22-13-11-8-5-2)24-20-34(38)32-26-37(23-9-6-3)33-25-30(18-19-31(32)33)39-27-28-14-16-29(35)17-15-28/h14-19,25-26H,4-13,20-24,27H2,1-3H3. The van der Waals surface area contributed by atoms with E-state index in [0.29, 0.717) is 13.0 Å². The van der Waals surface area contributed by atoms with Crippen LogP contribution in [0.1, 0.15) is 107 Å². The molecule has 0 saturated heterocycles. The Hall–Kier alpha value is -2.30. The molecule has 0 spiro atoms. The first-order valence-electron chi connectivity index (χ1n) is 15.3. The maximum Gasteiger partial charge on any atom is 0.166 e. The minimum atomic E-state index is 0.247. The number of rotatable bonds is 20. The molecule has 39 heavy (non-hydrogen) atoms. The van der Waals surface area contributed by atoms with E-state index in [-0.39, 0.29) is 5.78 Å². The van der Waals surface area contributed by atoms with Crippen LogP contribution >= 0.6 is 11.6 Å². The third kappa shape index (κ3) is 10.3. The first kappa shape index (κ1) is 31.2. The largest absolute Gasteiger partial charge is 0.489 e. The topological polar surface area (TPSA) is 34.5 Å². The molecule has 0 atom stereocenters. The lowest BCUT2D eigenvalue weighted by Gasteiger charge is -2.22. The third-order valence-corrected chi connectivity index (χ3v) is 7.79. The van der Waals surface area contributed by atoms with Gasteiger partial charge in [0.15, 0.2) is 5.78 Å². The van der Waals surface area contributed by atoms with Crippen molar-refractivity contribution < 1.29 is 9.53 Å². The number of nitrogens with zero attached hydrogens (tertiary/aromatic N) is 2. The fraction of sp³-hybridized carbons (Fsp3) is 0.559. The smallest absolute Gasteiger partial charge is 0.166 e. The monoisotopic (exact) mass is 552 g/mol. The van der Waals surface area contributed by atoms with Crippen molar-refractivity contribution in [1.29, 1.82) is 0 Å². The van der Waals surface area contributed by atoms with Crippen LogP contribution in [0.4, 0.5) is 0 Å². The van der Waals surface area contributed by atoms with Gasteiger partial charge in [0.05, 0.1) is 5.52 Å². The Bertz CT molecular complexity index is 1110. The summed E-state index contributed by atoms with van der Waals surface area (Å²) in [6.07, 6.45) is 15.0. The molecule has 0 saturated carbocycles. The lowest BCUT2D eigenvalue weighted by Crippen LogP contribution is -2.28. The van der Waals surface area contributed by atoms with Gasteiger partial charge in [-0.15, -0.1) is 0 Å². The number of unbranched alkanes of at least 4 members (excludes halogenated alkanes) is 7. The summed E-state index contributed by atoms with van der Waals surface area (Å²) in [6.45, 7) is 11.2. The number of fused-ring (bicyclic) bond motifs is 1. The number of carbonyl (C=O) groups excluding carboxylic acids is 1. The highest BCUT2D eigenvalue weighted by atomic mass is 35.5. The van der Waals surface area contributed by atoms with Gasteiger partial charge >= 0.3 is 0 Å². The maximum absolute atomic E-state index is 13.5. The van der Waals surface area contributed by atoms with Gasteiger partial charge in [0.1, 0.15) is 12.4 Å². The normalized spacial score (nSPS) is 11.5. The molecule has 3 rings (SSSR count). The van der Waals surface area contributed by atoms with Crippen LogP contribution in [-0.4, -0.2) is 34.9 Å². The van der Waals surface area contributed by atoms with Gasteiger partial charge in [-0.25, -0.2) is 0 Å². The highest BCUT2D eigenvalue weighted by Crippen LogP contribution is 2.28. The van der Waals surface area contributed by atoms with Crippen LogP contribution in [0.15, 0.2) is 48.7 Å². The van der Waals surface area contributed by atoms with Gasteiger partial charge in [-0.1, -0.05) is 89.5 Å². The Balaban J connectivity index is 1.69. The number of halogens is 1. The van der Waals surface area contributed by atoms with E-state index in [1.165, 1.54) is 51.4 Å². The van der Waals surface area contributed by atoms with Crippen molar-refractivity contribution in [1.82, 2.24) is 9.47 Å². The van der Waals surface area contributed by atoms with Gasteiger partial charge in [-0.3, -0.25) is 4.79 Å². The first-order valence-corrected chi connectivity index (χ1v) is 15.7. The van der Waals surface area contributed by atoms with E-state index in [0.717, 1.165) is 71.8 Å². The molecular weight excluding hydrogens is 504 g/mol. The molecule has 0 unspecified atom stereocenters. The number of carbonyl (C=O) groups is 1. The van der Waals surface area contributed by atoms with Crippen LogP contribution in [-0.2, 0) is 13.2 Å². The summed E-state index contributed by atoms with van der Waals surface area (Å²) >= 11 is 6.01. The number of ether oxygens (including phenoxy) is 1. The maximum atomic E-state index is 13.5. The summed E-state index contributed by atoms with van der Waals surface area (Å²) in [4.78, 5) is 16.1. The van der Waals surface area contributed by atoms with Crippen LogP contribution in [0, 0.1) is 0 Å². The second-order valence-electron chi connectivity index (χ2n) is 10.8. The van der Waals surface area contributed by atoms with Crippen molar-refractivity contribution in [2.24, 2.45) is 0 Å². The fourth-order valence-electron chi connectivity index (χ4n) is 5.10. The van der Waals surface area contributed by atoms with E-state index in [1.54, 1.807) is 0 Å². The Morgan fingerprint density at radius 3 is 2.13 bits per heavy atom. The predicted molar refractivity (Wildman–Crippen MR) is 166 cm³/mol. The van der Waals surface area contributed by atoms with E-state index < -0.39 is 0 Å². The number of aromatic nitrogens is 1. The summed E-state index contributed by atoms with van der Waals surface area (Å²) < 4.78 is 8.35.